The second-order valence-electron chi connectivity index (χ2n) is 6.41. The molecule has 0 aliphatic rings. The lowest BCUT2D eigenvalue weighted by Crippen LogP contribution is -2.25. The molecule has 7 nitrogen and oxygen atoms in total. The van der Waals surface area contributed by atoms with Crippen molar-refractivity contribution in [2.24, 2.45) is 10.2 Å². The number of aromatic hydroxyl groups is 1. The van der Waals surface area contributed by atoms with Crippen LogP contribution in [0.15, 0.2) is 57.2 Å². The summed E-state index contributed by atoms with van der Waals surface area (Å²) in [6, 6.07) is 12.5. The molecule has 1 amide bonds. The van der Waals surface area contributed by atoms with Gasteiger partial charge < -0.3 is 9.84 Å². The van der Waals surface area contributed by atoms with Crippen LogP contribution in [-0.2, 0) is 6.67 Å². The van der Waals surface area contributed by atoms with Crippen LogP contribution < -0.4 is 4.74 Å². The van der Waals surface area contributed by atoms with Gasteiger partial charge >= 0.3 is 0 Å². The van der Waals surface area contributed by atoms with Gasteiger partial charge in [-0.25, -0.2) is 0 Å². The van der Waals surface area contributed by atoms with Crippen molar-refractivity contribution in [1.82, 2.24) is 9.47 Å². The van der Waals surface area contributed by atoms with Crippen LogP contribution in [0, 0.1) is 0 Å². The number of methoxy groups -OCH3 is 1. The van der Waals surface area contributed by atoms with Crippen LogP contribution in [-0.4, -0.2) is 40.7 Å². The van der Waals surface area contributed by atoms with Gasteiger partial charge in [0.05, 0.1) is 24.9 Å². The van der Waals surface area contributed by atoms with E-state index in [4.69, 9.17) is 4.74 Å². The van der Waals surface area contributed by atoms with Crippen LogP contribution in [0.25, 0.3) is 10.9 Å². The molecule has 0 aliphatic heterocycles. The molecule has 0 bridgehead atoms. The first-order valence-electron chi connectivity index (χ1n) is 9.32. The van der Waals surface area contributed by atoms with E-state index in [0.717, 1.165) is 23.1 Å². The monoisotopic (exact) mass is 458 g/mol. The molecular weight excluding hydrogens is 436 g/mol. The third-order valence-electron chi connectivity index (χ3n) is 4.79. The Morgan fingerprint density at radius 1 is 1.21 bits per heavy atom. The van der Waals surface area contributed by atoms with Gasteiger partial charge in [-0.05, 0) is 43.4 Å². The van der Waals surface area contributed by atoms with Gasteiger partial charge in [-0.1, -0.05) is 41.9 Å². The Kier molecular flexibility index (Phi) is 6.66. The predicted molar refractivity (Wildman–Crippen MR) is 116 cm³/mol. The first-order chi connectivity index (χ1) is 14.0. The summed E-state index contributed by atoms with van der Waals surface area (Å²) < 4.78 is 7.83. The van der Waals surface area contributed by atoms with Crippen molar-refractivity contribution in [3.8, 4) is 11.6 Å². The molecule has 2 aromatic carbocycles. The summed E-state index contributed by atoms with van der Waals surface area (Å²) in [5, 5.41) is 19.5. The van der Waals surface area contributed by atoms with Gasteiger partial charge in [0.25, 0.3) is 5.91 Å². The van der Waals surface area contributed by atoms with Gasteiger partial charge in [-0.3, -0.25) is 14.3 Å². The number of carbonyl (C=O) groups excluding carboxylic acids is 1. The summed E-state index contributed by atoms with van der Waals surface area (Å²) in [6.45, 7) is 6.32. The molecular formula is C21H23BrN4O3. The molecule has 0 radical (unpaired) electrons. The Bertz CT molecular complexity index is 1060. The SMILES string of the molecule is CCN(CC)Cn1c(O)c(N=NC(=O)c2ccccc2OC)c2cc(Br)ccc21. The number of aromatic nitrogens is 1. The largest absolute Gasteiger partial charge is 0.496 e. The second kappa shape index (κ2) is 9.19. The topological polar surface area (TPSA) is 79.4 Å². The van der Waals surface area contributed by atoms with Crippen LogP contribution in [0.3, 0.4) is 0 Å². The quantitative estimate of drug-likeness (QED) is 0.484. The van der Waals surface area contributed by atoms with Gasteiger partial charge in [-0.2, -0.15) is 0 Å². The van der Waals surface area contributed by atoms with Crippen molar-refractivity contribution in [3.63, 3.8) is 0 Å². The highest BCUT2D eigenvalue weighted by molar-refractivity contribution is 9.10. The van der Waals surface area contributed by atoms with E-state index in [1.54, 1.807) is 28.8 Å². The summed E-state index contributed by atoms with van der Waals surface area (Å²) >= 11 is 3.46. The van der Waals surface area contributed by atoms with Crippen molar-refractivity contribution in [3.05, 3.63) is 52.5 Å². The minimum atomic E-state index is -0.540. The lowest BCUT2D eigenvalue weighted by atomic mass is 10.2. The number of hydrogen-bond donors (Lipinski definition) is 1. The molecule has 152 valence electrons. The number of para-hydroxylation sites is 1. The number of azo groups is 1. The summed E-state index contributed by atoms with van der Waals surface area (Å²) in [5.74, 6) is -0.143. The van der Waals surface area contributed by atoms with E-state index >= 15 is 0 Å². The molecule has 1 aromatic heterocycles. The van der Waals surface area contributed by atoms with Gasteiger partial charge in [0, 0.05) is 9.86 Å². The number of fused-ring (bicyclic) bond motifs is 1. The number of halogens is 1. The Morgan fingerprint density at radius 2 is 1.93 bits per heavy atom. The third-order valence-corrected chi connectivity index (χ3v) is 5.28. The van der Waals surface area contributed by atoms with Crippen LogP contribution in [0.5, 0.6) is 11.6 Å². The average molecular weight is 459 g/mol. The van der Waals surface area contributed by atoms with Crippen LogP contribution >= 0.6 is 15.9 Å². The van der Waals surface area contributed by atoms with Crippen molar-refractivity contribution in [2.45, 2.75) is 20.5 Å². The van der Waals surface area contributed by atoms with Crippen molar-refractivity contribution < 1.29 is 14.6 Å². The number of hydrogen-bond acceptors (Lipinski definition) is 5. The molecule has 0 saturated heterocycles. The number of carbonyl (C=O) groups is 1. The van der Waals surface area contributed by atoms with Crippen LogP contribution in [0.4, 0.5) is 5.69 Å². The molecule has 1 N–H and O–H groups in total. The van der Waals surface area contributed by atoms with E-state index in [-0.39, 0.29) is 11.6 Å². The molecule has 3 rings (SSSR count). The first kappa shape index (κ1) is 21.0. The zero-order chi connectivity index (χ0) is 21.0. The average Bonchev–Trinajstić information content (AvgIpc) is 2.99. The van der Waals surface area contributed by atoms with Crippen LogP contribution in [0.1, 0.15) is 24.2 Å². The smallest absolute Gasteiger partial charge is 0.299 e. The Hall–Kier alpha value is -2.71. The molecule has 0 aliphatic carbocycles. The maximum absolute atomic E-state index is 12.5. The Morgan fingerprint density at radius 3 is 2.62 bits per heavy atom. The van der Waals surface area contributed by atoms with E-state index in [2.05, 4.69) is 44.9 Å². The zero-order valence-corrected chi connectivity index (χ0v) is 18.2. The zero-order valence-electron chi connectivity index (χ0n) is 16.6. The summed E-state index contributed by atoms with van der Waals surface area (Å²) in [4.78, 5) is 14.7. The lowest BCUT2D eigenvalue weighted by molar-refractivity contribution is 0.0992. The van der Waals surface area contributed by atoms with Gasteiger partial charge in [-0.15, -0.1) is 10.2 Å². The second-order valence-corrected chi connectivity index (χ2v) is 7.33. The highest BCUT2D eigenvalue weighted by Crippen LogP contribution is 2.40. The summed E-state index contributed by atoms with van der Waals surface area (Å²) in [7, 11) is 1.49. The highest BCUT2D eigenvalue weighted by atomic mass is 79.9. The Labute approximate surface area is 177 Å². The van der Waals surface area contributed by atoms with E-state index < -0.39 is 5.91 Å². The van der Waals surface area contributed by atoms with E-state index in [0.29, 0.717) is 23.4 Å². The van der Waals surface area contributed by atoms with Gasteiger partial charge in [0.15, 0.2) is 5.69 Å². The molecule has 3 aromatic rings. The predicted octanol–water partition coefficient (Wildman–Crippen LogP) is 5.34. The lowest BCUT2D eigenvalue weighted by Gasteiger charge is -2.20. The molecule has 0 spiro atoms. The minimum absolute atomic E-state index is 0.0263. The van der Waals surface area contributed by atoms with Gasteiger partial charge in [0.2, 0.25) is 5.88 Å². The maximum atomic E-state index is 12.5. The van der Waals surface area contributed by atoms with E-state index in [1.807, 2.05) is 18.2 Å². The summed E-state index contributed by atoms with van der Waals surface area (Å²) in [5.41, 5.74) is 1.39. The molecule has 0 atom stereocenters. The number of amides is 1. The fraction of sp³-hybridized carbons (Fsp3) is 0.286. The van der Waals surface area contributed by atoms with Crippen LogP contribution in [0.2, 0.25) is 0 Å². The standard InChI is InChI=1S/C21H23BrN4O3/c1-4-25(5-2)13-26-17-11-10-14(22)12-16(17)19(21(26)28)23-24-20(27)15-8-6-7-9-18(15)29-3/h6-12,28H,4-5,13H2,1-3H3. The number of nitrogens with zero attached hydrogens (tertiary/aromatic N) is 4. The molecule has 8 heteroatoms. The molecule has 0 fully saturated rings. The number of rotatable bonds is 7. The molecule has 0 saturated carbocycles. The fourth-order valence-electron chi connectivity index (χ4n) is 3.13. The van der Waals surface area contributed by atoms with E-state index in [1.165, 1.54) is 7.11 Å². The number of ether oxygens (including phenoxy) is 1. The molecule has 1 heterocycles. The highest BCUT2D eigenvalue weighted by Gasteiger charge is 2.19. The minimum Gasteiger partial charge on any atom is -0.496 e. The fourth-order valence-corrected chi connectivity index (χ4v) is 3.49. The Balaban J connectivity index is 2.04. The molecule has 0 unspecified atom stereocenters. The first-order valence-corrected chi connectivity index (χ1v) is 10.1. The van der Waals surface area contributed by atoms with E-state index in [9.17, 15) is 9.90 Å². The van der Waals surface area contributed by atoms with Gasteiger partial charge in [0.1, 0.15) is 5.75 Å². The molecule has 29 heavy (non-hydrogen) atoms. The van der Waals surface area contributed by atoms with Crippen molar-refractivity contribution in [1.29, 1.82) is 0 Å². The number of benzene rings is 2. The summed E-state index contributed by atoms with van der Waals surface area (Å²) in [6.07, 6.45) is 0. The van der Waals surface area contributed by atoms with Crippen molar-refractivity contribution in [2.75, 3.05) is 20.2 Å². The third kappa shape index (κ3) is 4.33. The van der Waals surface area contributed by atoms with Crippen molar-refractivity contribution >= 4 is 38.4 Å². The normalized spacial score (nSPS) is 11.6. The maximum Gasteiger partial charge on any atom is 0.299 e.